The Bertz CT molecular complexity index is 921. The van der Waals surface area contributed by atoms with E-state index >= 15 is 0 Å². The molecule has 1 aliphatic carbocycles. The second-order valence-electron chi connectivity index (χ2n) is 6.91. The highest BCUT2D eigenvalue weighted by atomic mass is 35.5. The van der Waals surface area contributed by atoms with Crippen LogP contribution in [0.2, 0.25) is 5.02 Å². The van der Waals surface area contributed by atoms with Crippen molar-refractivity contribution < 1.29 is 4.79 Å². The molecule has 2 heterocycles. The average Bonchev–Trinajstić information content (AvgIpc) is 3.22. The van der Waals surface area contributed by atoms with Crippen LogP contribution in [0.15, 0.2) is 36.7 Å². The van der Waals surface area contributed by atoms with E-state index in [0.717, 1.165) is 42.1 Å². The van der Waals surface area contributed by atoms with E-state index in [-0.39, 0.29) is 11.4 Å². The lowest BCUT2D eigenvalue weighted by molar-refractivity contribution is 0.0862. The summed E-state index contributed by atoms with van der Waals surface area (Å²) in [5.74, 6) is -0.0851. The van der Waals surface area contributed by atoms with Gasteiger partial charge in [-0.2, -0.15) is 5.10 Å². The maximum Gasteiger partial charge on any atom is 0.268 e. The van der Waals surface area contributed by atoms with E-state index in [9.17, 15) is 4.79 Å². The standard InChI is InChI=1S/C19H21ClN4O/c1-24-12-14(11-21-24)19(7-3-2-4-8-19)23-18(25)17-10-13-9-15(20)5-6-16(13)22-17/h5-6,9-12,22H,2-4,7-8H2,1H3,(H,23,25). The summed E-state index contributed by atoms with van der Waals surface area (Å²) in [6.07, 6.45) is 9.19. The van der Waals surface area contributed by atoms with Gasteiger partial charge in [0.2, 0.25) is 0 Å². The van der Waals surface area contributed by atoms with E-state index in [1.165, 1.54) is 6.42 Å². The summed E-state index contributed by atoms with van der Waals surface area (Å²) in [7, 11) is 1.91. The third-order valence-corrected chi connectivity index (χ3v) is 5.38. The van der Waals surface area contributed by atoms with Gasteiger partial charge in [-0.05, 0) is 37.1 Å². The summed E-state index contributed by atoms with van der Waals surface area (Å²) in [5, 5.41) is 9.21. The van der Waals surface area contributed by atoms with Gasteiger partial charge in [0.05, 0.1) is 11.7 Å². The number of aromatic amines is 1. The number of aromatic nitrogens is 3. The number of H-pyrrole nitrogens is 1. The van der Waals surface area contributed by atoms with Crippen LogP contribution in [0.1, 0.15) is 48.2 Å². The quantitative estimate of drug-likeness (QED) is 0.740. The van der Waals surface area contributed by atoms with Gasteiger partial charge < -0.3 is 10.3 Å². The van der Waals surface area contributed by atoms with Crippen molar-refractivity contribution in [2.45, 2.75) is 37.6 Å². The molecule has 0 saturated heterocycles. The molecule has 25 heavy (non-hydrogen) atoms. The maximum absolute atomic E-state index is 13.0. The average molecular weight is 357 g/mol. The van der Waals surface area contributed by atoms with Crippen LogP contribution in [-0.4, -0.2) is 20.7 Å². The lowest BCUT2D eigenvalue weighted by atomic mass is 9.77. The third-order valence-electron chi connectivity index (χ3n) is 5.14. The lowest BCUT2D eigenvalue weighted by Gasteiger charge is -2.37. The molecule has 2 N–H and O–H groups in total. The Morgan fingerprint density at radius 3 is 2.80 bits per heavy atom. The van der Waals surface area contributed by atoms with Crippen molar-refractivity contribution in [1.29, 1.82) is 0 Å². The van der Waals surface area contributed by atoms with Crippen molar-refractivity contribution in [3.05, 3.63) is 52.9 Å². The molecule has 1 aromatic carbocycles. The van der Waals surface area contributed by atoms with Crippen LogP contribution < -0.4 is 5.32 Å². The SMILES string of the molecule is Cn1cc(C2(NC(=O)c3cc4cc(Cl)ccc4[nH]3)CCCCC2)cn1. The number of amides is 1. The molecular formula is C19H21ClN4O. The van der Waals surface area contributed by atoms with Gasteiger partial charge in [-0.3, -0.25) is 9.48 Å². The Labute approximate surface area is 151 Å². The molecule has 130 valence electrons. The Balaban J connectivity index is 1.65. The van der Waals surface area contributed by atoms with Crippen LogP contribution in [0.3, 0.4) is 0 Å². The zero-order valence-corrected chi connectivity index (χ0v) is 14.9. The molecule has 0 unspecified atom stereocenters. The monoisotopic (exact) mass is 356 g/mol. The summed E-state index contributed by atoms with van der Waals surface area (Å²) in [6.45, 7) is 0. The molecule has 1 amide bonds. The molecule has 4 rings (SSSR count). The molecule has 0 bridgehead atoms. The first-order chi connectivity index (χ1) is 12.1. The van der Waals surface area contributed by atoms with Gasteiger partial charge in [-0.1, -0.05) is 30.9 Å². The van der Waals surface area contributed by atoms with Crippen molar-refractivity contribution in [2.24, 2.45) is 7.05 Å². The number of nitrogens with zero attached hydrogens (tertiary/aromatic N) is 2. The molecule has 1 saturated carbocycles. The number of carbonyl (C=O) groups excluding carboxylic acids is 1. The van der Waals surface area contributed by atoms with Crippen molar-refractivity contribution in [2.75, 3.05) is 0 Å². The highest BCUT2D eigenvalue weighted by Crippen LogP contribution is 2.37. The van der Waals surface area contributed by atoms with Gasteiger partial charge in [-0.15, -0.1) is 0 Å². The lowest BCUT2D eigenvalue weighted by Crippen LogP contribution is -2.47. The number of fused-ring (bicyclic) bond motifs is 1. The van der Waals surface area contributed by atoms with E-state index < -0.39 is 0 Å². The minimum Gasteiger partial charge on any atom is -0.351 e. The van der Waals surface area contributed by atoms with Crippen molar-refractivity contribution in [3.8, 4) is 0 Å². The van der Waals surface area contributed by atoms with Crippen LogP contribution >= 0.6 is 11.6 Å². The molecule has 1 aliphatic rings. The van der Waals surface area contributed by atoms with Crippen molar-refractivity contribution in [1.82, 2.24) is 20.1 Å². The van der Waals surface area contributed by atoms with Gasteiger partial charge in [0.15, 0.2) is 0 Å². The normalized spacial score (nSPS) is 16.9. The first kappa shape index (κ1) is 16.2. The highest BCUT2D eigenvalue weighted by Gasteiger charge is 2.36. The summed E-state index contributed by atoms with van der Waals surface area (Å²) in [4.78, 5) is 16.1. The Hall–Kier alpha value is -2.27. The number of aryl methyl sites for hydroxylation is 1. The van der Waals surface area contributed by atoms with Crippen molar-refractivity contribution >= 4 is 28.4 Å². The summed E-state index contributed by atoms with van der Waals surface area (Å²) in [5.41, 5.74) is 2.22. The predicted molar refractivity (Wildman–Crippen MR) is 98.7 cm³/mol. The number of hydrogen-bond acceptors (Lipinski definition) is 2. The predicted octanol–water partition coefficient (Wildman–Crippen LogP) is 4.14. The fourth-order valence-electron chi connectivity index (χ4n) is 3.82. The van der Waals surface area contributed by atoms with E-state index in [0.29, 0.717) is 10.7 Å². The number of rotatable bonds is 3. The number of hydrogen-bond donors (Lipinski definition) is 2. The van der Waals surface area contributed by atoms with Crippen LogP contribution in [0.25, 0.3) is 10.9 Å². The zero-order chi connectivity index (χ0) is 17.4. The van der Waals surface area contributed by atoms with Gasteiger partial charge in [0.25, 0.3) is 5.91 Å². The van der Waals surface area contributed by atoms with Gasteiger partial charge >= 0.3 is 0 Å². The van der Waals surface area contributed by atoms with Crippen molar-refractivity contribution in [3.63, 3.8) is 0 Å². The van der Waals surface area contributed by atoms with E-state index in [1.807, 2.05) is 43.7 Å². The molecule has 0 spiro atoms. The Kier molecular flexibility index (Phi) is 4.04. The zero-order valence-electron chi connectivity index (χ0n) is 14.2. The topological polar surface area (TPSA) is 62.7 Å². The minimum atomic E-state index is -0.335. The van der Waals surface area contributed by atoms with Crippen LogP contribution in [0.4, 0.5) is 0 Å². The molecule has 1 fully saturated rings. The van der Waals surface area contributed by atoms with E-state index in [2.05, 4.69) is 15.4 Å². The van der Waals surface area contributed by atoms with E-state index in [4.69, 9.17) is 11.6 Å². The molecule has 5 nitrogen and oxygen atoms in total. The number of nitrogens with one attached hydrogen (secondary N) is 2. The number of carbonyl (C=O) groups is 1. The van der Waals surface area contributed by atoms with Crippen LogP contribution in [0, 0.1) is 0 Å². The largest absolute Gasteiger partial charge is 0.351 e. The smallest absolute Gasteiger partial charge is 0.268 e. The molecule has 3 aromatic rings. The molecule has 2 aromatic heterocycles. The first-order valence-corrected chi connectivity index (χ1v) is 9.03. The highest BCUT2D eigenvalue weighted by molar-refractivity contribution is 6.31. The van der Waals surface area contributed by atoms with Gasteiger partial charge in [-0.25, -0.2) is 0 Å². The second-order valence-corrected chi connectivity index (χ2v) is 7.35. The summed E-state index contributed by atoms with van der Waals surface area (Å²) >= 11 is 6.04. The molecular weight excluding hydrogens is 336 g/mol. The Morgan fingerprint density at radius 2 is 2.08 bits per heavy atom. The van der Waals surface area contributed by atoms with E-state index in [1.54, 1.807) is 4.68 Å². The molecule has 6 heteroatoms. The van der Waals surface area contributed by atoms with Gasteiger partial charge in [0, 0.05) is 34.7 Å². The van der Waals surface area contributed by atoms with Crippen LogP contribution in [-0.2, 0) is 12.6 Å². The number of halogens is 1. The fourth-order valence-corrected chi connectivity index (χ4v) is 4.00. The second kappa shape index (κ2) is 6.23. The maximum atomic E-state index is 13.0. The molecule has 0 aliphatic heterocycles. The summed E-state index contributed by atoms with van der Waals surface area (Å²) in [6, 6.07) is 7.43. The molecule has 0 atom stereocenters. The van der Waals surface area contributed by atoms with Crippen LogP contribution in [0.5, 0.6) is 0 Å². The first-order valence-electron chi connectivity index (χ1n) is 8.66. The Morgan fingerprint density at radius 1 is 1.28 bits per heavy atom. The fraction of sp³-hybridized carbons (Fsp3) is 0.368. The van der Waals surface area contributed by atoms with Gasteiger partial charge in [0.1, 0.15) is 5.69 Å². The number of benzene rings is 1. The molecule has 0 radical (unpaired) electrons. The third kappa shape index (κ3) is 3.04. The summed E-state index contributed by atoms with van der Waals surface area (Å²) < 4.78 is 1.79. The minimum absolute atomic E-state index is 0.0851.